The molecule has 0 aromatic carbocycles. The number of allylic oxidation sites excluding steroid dienone is 1. The van der Waals surface area contributed by atoms with Crippen LogP contribution in [0.5, 0.6) is 0 Å². The van der Waals surface area contributed by atoms with Crippen molar-refractivity contribution in [3.63, 3.8) is 0 Å². The molecular weight excluding hydrogens is 240 g/mol. The second-order valence-corrected chi connectivity index (χ2v) is 3.82. The van der Waals surface area contributed by atoms with E-state index in [4.69, 9.17) is 0 Å². The molecule has 0 radical (unpaired) electrons. The maximum absolute atomic E-state index is 4.23. The highest BCUT2D eigenvalue weighted by Gasteiger charge is 1.98. The molecule has 72 valence electrons. The number of halogens is 1. The van der Waals surface area contributed by atoms with Crippen molar-refractivity contribution in [3.05, 3.63) is 36.2 Å². The van der Waals surface area contributed by atoms with Crippen LogP contribution in [0.25, 0.3) is 17.1 Å². The second kappa shape index (κ2) is 4.42. The molecular formula is C11H11BrN2. The molecule has 0 aliphatic heterocycles. The molecule has 2 heterocycles. The van der Waals surface area contributed by atoms with Gasteiger partial charge in [0.05, 0.1) is 0 Å². The second-order valence-electron chi connectivity index (χ2n) is 3.02. The van der Waals surface area contributed by atoms with Crippen LogP contribution < -0.4 is 0 Å². The topological polar surface area (TPSA) is 28.7 Å². The minimum atomic E-state index is 0.950. The molecule has 0 spiro atoms. The molecule has 0 amide bonds. The summed E-state index contributed by atoms with van der Waals surface area (Å²) in [5.41, 5.74) is 2.15. The van der Waals surface area contributed by atoms with E-state index in [1.54, 1.807) is 6.20 Å². The van der Waals surface area contributed by atoms with Gasteiger partial charge in [0.1, 0.15) is 5.65 Å². The van der Waals surface area contributed by atoms with Gasteiger partial charge in [-0.15, -0.1) is 0 Å². The average molecular weight is 251 g/mol. The number of aromatic nitrogens is 2. The minimum Gasteiger partial charge on any atom is -0.346 e. The standard InChI is InChI=1S/C11H11BrN2/c12-6-2-1-4-9-8-14-11-10(9)5-3-7-13-11/h1,3-5,7-8H,2,6H2,(H,13,14). The molecule has 1 N–H and O–H groups in total. The van der Waals surface area contributed by atoms with E-state index in [0.717, 1.165) is 17.4 Å². The van der Waals surface area contributed by atoms with Crippen molar-refractivity contribution < 1.29 is 0 Å². The molecule has 0 atom stereocenters. The first-order chi connectivity index (χ1) is 6.92. The molecule has 2 aromatic heterocycles. The molecule has 2 aromatic rings. The third-order valence-corrected chi connectivity index (χ3v) is 2.51. The normalized spacial score (nSPS) is 11.5. The van der Waals surface area contributed by atoms with E-state index in [0.29, 0.717) is 0 Å². The van der Waals surface area contributed by atoms with Gasteiger partial charge < -0.3 is 4.98 Å². The zero-order valence-electron chi connectivity index (χ0n) is 7.70. The van der Waals surface area contributed by atoms with E-state index in [-0.39, 0.29) is 0 Å². The summed E-state index contributed by atoms with van der Waals surface area (Å²) in [6.45, 7) is 0. The molecule has 0 aliphatic carbocycles. The SMILES string of the molecule is BrCCC=Cc1c[nH]c2ncccc12. The fraction of sp³-hybridized carbons (Fsp3) is 0.182. The van der Waals surface area contributed by atoms with Gasteiger partial charge in [0.15, 0.2) is 0 Å². The van der Waals surface area contributed by atoms with Crippen LogP contribution in [0.1, 0.15) is 12.0 Å². The van der Waals surface area contributed by atoms with Gasteiger partial charge in [0, 0.05) is 28.7 Å². The number of aromatic amines is 1. The lowest BCUT2D eigenvalue weighted by molar-refractivity contribution is 1.27. The molecule has 14 heavy (non-hydrogen) atoms. The Hall–Kier alpha value is -1.09. The van der Waals surface area contributed by atoms with Gasteiger partial charge in [-0.3, -0.25) is 0 Å². The quantitative estimate of drug-likeness (QED) is 0.832. The lowest BCUT2D eigenvalue weighted by Crippen LogP contribution is -1.73. The van der Waals surface area contributed by atoms with Crippen LogP contribution in [-0.2, 0) is 0 Å². The first-order valence-electron chi connectivity index (χ1n) is 4.56. The fourth-order valence-electron chi connectivity index (χ4n) is 1.39. The van der Waals surface area contributed by atoms with E-state index in [1.807, 2.05) is 12.3 Å². The van der Waals surface area contributed by atoms with Crippen LogP contribution >= 0.6 is 15.9 Å². The fourth-order valence-corrected chi connectivity index (χ4v) is 1.65. The number of fused-ring (bicyclic) bond motifs is 1. The van der Waals surface area contributed by atoms with Crippen LogP contribution in [0.3, 0.4) is 0 Å². The molecule has 2 rings (SSSR count). The number of rotatable bonds is 3. The maximum Gasteiger partial charge on any atom is 0.137 e. The van der Waals surface area contributed by atoms with E-state index < -0.39 is 0 Å². The summed E-state index contributed by atoms with van der Waals surface area (Å²) in [4.78, 5) is 7.37. The first kappa shape index (κ1) is 9.46. The van der Waals surface area contributed by atoms with Crippen molar-refractivity contribution in [3.8, 4) is 0 Å². The number of hydrogen-bond acceptors (Lipinski definition) is 1. The Kier molecular flexibility index (Phi) is 2.99. The van der Waals surface area contributed by atoms with Crippen LogP contribution in [-0.4, -0.2) is 15.3 Å². The zero-order valence-corrected chi connectivity index (χ0v) is 9.29. The predicted octanol–water partition coefficient (Wildman–Crippen LogP) is 3.36. The van der Waals surface area contributed by atoms with Gasteiger partial charge in [0.25, 0.3) is 0 Å². The Bertz CT molecular complexity index is 445. The van der Waals surface area contributed by atoms with E-state index >= 15 is 0 Å². The summed E-state index contributed by atoms with van der Waals surface area (Å²) < 4.78 is 0. The third-order valence-electron chi connectivity index (χ3n) is 2.06. The summed E-state index contributed by atoms with van der Waals surface area (Å²) in [7, 11) is 0. The zero-order chi connectivity index (χ0) is 9.80. The summed E-state index contributed by atoms with van der Waals surface area (Å²) in [6, 6.07) is 4.03. The Balaban J connectivity index is 2.34. The van der Waals surface area contributed by atoms with Crippen LogP contribution in [0, 0.1) is 0 Å². The van der Waals surface area contributed by atoms with Crippen molar-refractivity contribution in [1.29, 1.82) is 0 Å². The van der Waals surface area contributed by atoms with E-state index in [9.17, 15) is 0 Å². The van der Waals surface area contributed by atoms with Gasteiger partial charge in [-0.25, -0.2) is 4.98 Å². The molecule has 2 nitrogen and oxygen atoms in total. The Labute approximate surface area is 91.2 Å². The third kappa shape index (κ3) is 1.87. The molecule has 0 saturated carbocycles. The molecule has 0 saturated heterocycles. The number of nitrogens with one attached hydrogen (secondary N) is 1. The summed E-state index contributed by atoms with van der Waals surface area (Å²) in [5.74, 6) is 0. The van der Waals surface area contributed by atoms with Gasteiger partial charge in [0.2, 0.25) is 0 Å². The van der Waals surface area contributed by atoms with Gasteiger partial charge in [-0.05, 0) is 18.6 Å². The lowest BCUT2D eigenvalue weighted by Gasteiger charge is -1.89. The van der Waals surface area contributed by atoms with Crippen molar-refractivity contribution in [2.24, 2.45) is 0 Å². The summed E-state index contributed by atoms with van der Waals surface area (Å²) >= 11 is 3.39. The smallest absolute Gasteiger partial charge is 0.137 e. The van der Waals surface area contributed by atoms with Gasteiger partial charge >= 0.3 is 0 Å². The minimum absolute atomic E-state index is 0.950. The van der Waals surface area contributed by atoms with Gasteiger partial charge in [-0.1, -0.05) is 28.1 Å². The molecule has 0 fully saturated rings. The molecule has 3 heteroatoms. The first-order valence-corrected chi connectivity index (χ1v) is 5.68. The van der Waals surface area contributed by atoms with Crippen LogP contribution in [0.2, 0.25) is 0 Å². The molecule has 0 aliphatic rings. The summed E-state index contributed by atoms with van der Waals surface area (Å²) in [5, 5.41) is 2.18. The highest BCUT2D eigenvalue weighted by Crippen LogP contribution is 2.16. The number of nitrogens with zero attached hydrogens (tertiary/aromatic N) is 1. The maximum atomic E-state index is 4.23. The number of pyridine rings is 1. The van der Waals surface area contributed by atoms with E-state index in [1.165, 1.54) is 10.9 Å². The Morgan fingerprint density at radius 1 is 1.50 bits per heavy atom. The summed E-state index contributed by atoms with van der Waals surface area (Å²) in [6.07, 6.45) is 9.12. The number of H-pyrrole nitrogens is 1. The van der Waals surface area contributed by atoms with Gasteiger partial charge in [-0.2, -0.15) is 0 Å². The van der Waals surface area contributed by atoms with Crippen molar-refractivity contribution in [2.75, 3.05) is 5.33 Å². The lowest BCUT2D eigenvalue weighted by atomic mass is 10.2. The van der Waals surface area contributed by atoms with Crippen molar-refractivity contribution in [1.82, 2.24) is 9.97 Å². The average Bonchev–Trinajstić information content (AvgIpc) is 2.63. The number of hydrogen-bond donors (Lipinski definition) is 1. The highest BCUT2D eigenvalue weighted by molar-refractivity contribution is 9.09. The van der Waals surface area contributed by atoms with E-state index in [2.05, 4.69) is 44.1 Å². The molecule has 0 unspecified atom stereocenters. The number of alkyl halides is 1. The van der Waals surface area contributed by atoms with Crippen molar-refractivity contribution in [2.45, 2.75) is 6.42 Å². The van der Waals surface area contributed by atoms with Crippen molar-refractivity contribution >= 4 is 33.0 Å². The highest BCUT2D eigenvalue weighted by atomic mass is 79.9. The Morgan fingerprint density at radius 3 is 3.29 bits per heavy atom. The van der Waals surface area contributed by atoms with Crippen LogP contribution in [0.4, 0.5) is 0 Å². The predicted molar refractivity (Wildman–Crippen MR) is 63.5 cm³/mol. The van der Waals surface area contributed by atoms with Crippen LogP contribution in [0.15, 0.2) is 30.6 Å². The monoisotopic (exact) mass is 250 g/mol. The Morgan fingerprint density at radius 2 is 2.43 bits per heavy atom. The molecule has 0 bridgehead atoms. The largest absolute Gasteiger partial charge is 0.346 e.